The Balaban J connectivity index is 0.000000501. The first kappa shape index (κ1) is 32.6. The van der Waals surface area contributed by atoms with Crippen molar-refractivity contribution in [2.75, 3.05) is 21.3 Å². The van der Waals surface area contributed by atoms with E-state index in [2.05, 4.69) is 63.9 Å². The molecule has 0 aliphatic heterocycles. The minimum Gasteiger partial charge on any atom is -0.399 e. The molecule has 0 aromatic heterocycles. The molecule has 0 saturated heterocycles. The van der Waals surface area contributed by atoms with Crippen LogP contribution in [-0.4, -0.2) is 38.5 Å². The van der Waals surface area contributed by atoms with Gasteiger partial charge in [0.05, 0.1) is 17.1 Å². The summed E-state index contributed by atoms with van der Waals surface area (Å²) in [6, 6.07) is 10.1. The lowest BCUT2D eigenvalue weighted by Gasteiger charge is -2.15. The molecule has 0 unspecified atom stereocenters. The number of hydrogen-bond acceptors (Lipinski definition) is 6. The van der Waals surface area contributed by atoms with Gasteiger partial charge < -0.3 is 14.5 Å². The van der Waals surface area contributed by atoms with Gasteiger partial charge in [-0.1, -0.05) is 114 Å². The van der Waals surface area contributed by atoms with Gasteiger partial charge in [0, 0.05) is 5.92 Å². The minimum atomic E-state index is 0.377. The summed E-state index contributed by atoms with van der Waals surface area (Å²) in [6.07, 6.45) is 7.52. The summed E-state index contributed by atoms with van der Waals surface area (Å²) in [5.41, 5.74) is 4.53. The molecule has 200 valence electrons. The van der Waals surface area contributed by atoms with Crippen LogP contribution in [0.25, 0.3) is 0 Å². The Kier molecular flexibility index (Phi) is 18.5. The summed E-state index contributed by atoms with van der Waals surface area (Å²) in [5.74, 6) is 2.13. The van der Waals surface area contributed by atoms with Crippen molar-refractivity contribution in [2.45, 2.75) is 87.0 Å². The summed E-state index contributed by atoms with van der Waals surface area (Å²) in [4.78, 5) is 14.4. The minimum absolute atomic E-state index is 0.377. The van der Waals surface area contributed by atoms with E-state index in [1.807, 2.05) is 30.3 Å². The van der Waals surface area contributed by atoms with E-state index in [4.69, 9.17) is 14.5 Å². The predicted molar refractivity (Wildman–Crippen MR) is 150 cm³/mol. The molecule has 1 aliphatic carbocycles. The summed E-state index contributed by atoms with van der Waals surface area (Å²) < 4.78 is 0. The van der Waals surface area contributed by atoms with E-state index in [1.165, 1.54) is 31.4 Å². The zero-order valence-corrected chi connectivity index (χ0v) is 24.0. The molecule has 0 bridgehead atoms. The van der Waals surface area contributed by atoms with Crippen molar-refractivity contribution in [3.63, 3.8) is 0 Å². The lowest BCUT2D eigenvalue weighted by Crippen LogP contribution is -2.17. The molecule has 0 radical (unpaired) electrons. The average molecular weight is 490 g/mol. The van der Waals surface area contributed by atoms with E-state index in [0.29, 0.717) is 23.7 Å². The van der Waals surface area contributed by atoms with Crippen LogP contribution in [0.2, 0.25) is 0 Å². The standard InChI is InChI=1S/C11H15NO.C10H19NO.C8H17NO/c1-9(2)11(12-13-3)10-7-5-4-6-8-10;1-8(2)10(11-12-3)9-6-4-5-7-9;1-5-6-8(7(2)3)9-10-4/h4-9H,1-3H3;8-9H,4-7H2,1-3H3;7H,5-6H2,1-4H3/b12-11-;11-10-;9-8+. The van der Waals surface area contributed by atoms with E-state index in [9.17, 15) is 0 Å². The van der Waals surface area contributed by atoms with E-state index in [0.717, 1.165) is 29.8 Å². The van der Waals surface area contributed by atoms with Crippen LogP contribution in [0.1, 0.15) is 92.6 Å². The molecular weight excluding hydrogens is 438 g/mol. The summed E-state index contributed by atoms with van der Waals surface area (Å²) in [5, 5.41) is 12.1. The molecule has 0 amide bonds. The molecule has 0 spiro atoms. The van der Waals surface area contributed by atoms with Crippen LogP contribution in [0.5, 0.6) is 0 Å². The molecule has 6 nitrogen and oxygen atoms in total. The maximum Gasteiger partial charge on any atom is 0.106 e. The smallest absolute Gasteiger partial charge is 0.106 e. The normalized spacial score (nSPS) is 14.9. The monoisotopic (exact) mass is 489 g/mol. The van der Waals surface area contributed by atoms with Crippen molar-refractivity contribution in [3.05, 3.63) is 35.9 Å². The highest BCUT2D eigenvalue weighted by atomic mass is 16.6. The van der Waals surface area contributed by atoms with Crippen LogP contribution in [-0.2, 0) is 14.5 Å². The molecular formula is C29H51N3O3. The second-order valence-electron chi connectivity index (χ2n) is 9.68. The van der Waals surface area contributed by atoms with Crippen LogP contribution in [0.4, 0.5) is 0 Å². The Hall–Kier alpha value is -2.37. The van der Waals surface area contributed by atoms with Crippen molar-refractivity contribution in [1.29, 1.82) is 0 Å². The predicted octanol–water partition coefficient (Wildman–Crippen LogP) is 7.97. The maximum absolute atomic E-state index is 4.87. The first-order valence-electron chi connectivity index (χ1n) is 13.1. The van der Waals surface area contributed by atoms with Gasteiger partial charge in [-0.15, -0.1) is 0 Å². The Bertz CT molecular complexity index is 735. The van der Waals surface area contributed by atoms with Gasteiger partial charge in [0.25, 0.3) is 0 Å². The number of rotatable bonds is 10. The molecule has 0 atom stereocenters. The highest BCUT2D eigenvalue weighted by Crippen LogP contribution is 2.28. The third kappa shape index (κ3) is 13.9. The van der Waals surface area contributed by atoms with Crippen LogP contribution >= 0.6 is 0 Å². The van der Waals surface area contributed by atoms with Crippen LogP contribution < -0.4 is 0 Å². The Morgan fingerprint density at radius 3 is 1.71 bits per heavy atom. The van der Waals surface area contributed by atoms with Gasteiger partial charge >= 0.3 is 0 Å². The van der Waals surface area contributed by atoms with Crippen molar-refractivity contribution in [1.82, 2.24) is 0 Å². The van der Waals surface area contributed by atoms with E-state index in [-0.39, 0.29) is 0 Å². The Morgan fingerprint density at radius 2 is 1.31 bits per heavy atom. The molecule has 1 fully saturated rings. The van der Waals surface area contributed by atoms with Crippen molar-refractivity contribution in [2.24, 2.45) is 39.1 Å². The van der Waals surface area contributed by atoms with Gasteiger partial charge in [-0.05, 0) is 42.6 Å². The van der Waals surface area contributed by atoms with Gasteiger partial charge in [0.2, 0.25) is 0 Å². The average Bonchev–Trinajstić information content (AvgIpc) is 3.36. The fourth-order valence-electron chi connectivity index (χ4n) is 3.99. The molecule has 0 N–H and O–H groups in total. The molecule has 0 heterocycles. The third-order valence-electron chi connectivity index (χ3n) is 5.75. The zero-order chi connectivity index (χ0) is 26.6. The van der Waals surface area contributed by atoms with E-state index >= 15 is 0 Å². The summed E-state index contributed by atoms with van der Waals surface area (Å²) >= 11 is 0. The SMILES string of the molecule is CCC/C(=N\OC)C(C)C.CO/N=C(/C(C)C)C1CCCC1.CO/N=C(\c1ccccc1)C(C)C. The fraction of sp³-hybridized carbons (Fsp3) is 0.690. The largest absolute Gasteiger partial charge is 0.399 e. The number of benzene rings is 1. The van der Waals surface area contributed by atoms with E-state index < -0.39 is 0 Å². The third-order valence-corrected chi connectivity index (χ3v) is 5.75. The first-order chi connectivity index (χ1) is 16.7. The number of nitrogens with zero attached hydrogens (tertiary/aromatic N) is 3. The molecule has 6 heteroatoms. The Labute approximate surface area is 215 Å². The highest BCUT2D eigenvalue weighted by Gasteiger charge is 2.23. The number of oxime groups is 3. The molecule has 1 saturated carbocycles. The molecule has 1 aromatic rings. The topological polar surface area (TPSA) is 64.8 Å². The fourth-order valence-corrected chi connectivity index (χ4v) is 3.99. The van der Waals surface area contributed by atoms with Crippen LogP contribution in [0.15, 0.2) is 45.8 Å². The zero-order valence-electron chi connectivity index (χ0n) is 24.0. The molecule has 1 aromatic carbocycles. The van der Waals surface area contributed by atoms with Gasteiger partial charge in [0.15, 0.2) is 0 Å². The van der Waals surface area contributed by atoms with Gasteiger partial charge in [-0.3, -0.25) is 0 Å². The van der Waals surface area contributed by atoms with Crippen LogP contribution in [0.3, 0.4) is 0 Å². The second-order valence-corrected chi connectivity index (χ2v) is 9.68. The summed E-state index contributed by atoms with van der Waals surface area (Å²) in [7, 11) is 4.81. The van der Waals surface area contributed by atoms with Crippen molar-refractivity contribution in [3.8, 4) is 0 Å². The second kappa shape index (κ2) is 19.9. The highest BCUT2D eigenvalue weighted by molar-refractivity contribution is 6.01. The van der Waals surface area contributed by atoms with Crippen molar-refractivity contribution >= 4 is 17.1 Å². The lowest BCUT2D eigenvalue weighted by atomic mass is 9.93. The van der Waals surface area contributed by atoms with Gasteiger partial charge in [-0.25, -0.2) is 0 Å². The van der Waals surface area contributed by atoms with Gasteiger partial charge in [-0.2, -0.15) is 0 Å². The summed E-state index contributed by atoms with van der Waals surface area (Å²) in [6.45, 7) is 15.0. The molecule has 35 heavy (non-hydrogen) atoms. The van der Waals surface area contributed by atoms with E-state index in [1.54, 1.807) is 21.3 Å². The molecule has 2 rings (SSSR count). The van der Waals surface area contributed by atoms with Crippen molar-refractivity contribution < 1.29 is 14.5 Å². The number of hydrogen-bond donors (Lipinski definition) is 0. The first-order valence-corrected chi connectivity index (χ1v) is 13.1. The molecule has 1 aliphatic rings. The van der Waals surface area contributed by atoms with Gasteiger partial charge in [0.1, 0.15) is 21.3 Å². The maximum atomic E-state index is 4.87. The van der Waals surface area contributed by atoms with Crippen LogP contribution in [0, 0.1) is 23.7 Å². The lowest BCUT2D eigenvalue weighted by molar-refractivity contribution is 0.208. The Morgan fingerprint density at radius 1 is 0.771 bits per heavy atom. The quantitative estimate of drug-likeness (QED) is 0.247.